The smallest absolute Gasteiger partial charge is 0.343 e. The van der Waals surface area contributed by atoms with Crippen LogP contribution in [-0.4, -0.2) is 4.98 Å². The van der Waals surface area contributed by atoms with Crippen molar-refractivity contribution in [2.24, 2.45) is 0 Å². The topological polar surface area (TPSA) is 15.8 Å². The average Bonchev–Trinajstić information content (AvgIpc) is 2.77. The predicted molar refractivity (Wildman–Crippen MR) is 58.3 cm³/mol. The van der Waals surface area contributed by atoms with E-state index in [1.54, 1.807) is 0 Å². The molecule has 0 saturated carbocycles. The number of H-pyrrole nitrogens is 1. The SMILES string of the molecule is CCCCCc1ccc(C(F)(F)C(F)=C(F)F)[nH]1. The number of unbranched alkanes of at least 4 members (excludes halogenated alkanes) is 2. The number of halogens is 5. The first-order valence-electron chi connectivity index (χ1n) is 5.67. The van der Waals surface area contributed by atoms with Crippen molar-refractivity contribution in [1.29, 1.82) is 0 Å². The normalized spacial score (nSPS) is 11.7. The van der Waals surface area contributed by atoms with Crippen molar-refractivity contribution in [2.75, 3.05) is 0 Å². The summed E-state index contributed by atoms with van der Waals surface area (Å²) in [5.74, 6) is -7.01. The Morgan fingerprint density at radius 2 is 1.83 bits per heavy atom. The molecule has 0 bridgehead atoms. The van der Waals surface area contributed by atoms with E-state index in [4.69, 9.17) is 0 Å². The van der Waals surface area contributed by atoms with Gasteiger partial charge in [0.1, 0.15) is 0 Å². The van der Waals surface area contributed by atoms with E-state index in [2.05, 4.69) is 4.98 Å². The molecule has 0 aliphatic heterocycles. The van der Waals surface area contributed by atoms with Crippen molar-refractivity contribution < 1.29 is 22.0 Å². The lowest BCUT2D eigenvalue weighted by molar-refractivity contribution is 0.00211. The van der Waals surface area contributed by atoms with Gasteiger partial charge in [0, 0.05) is 5.69 Å². The molecule has 0 spiro atoms. The van der Waals surface area contributed by atoms with E-state index >= 15 is 0 Å². The summed E-state index contributed by atoms with van der Waals surface area (Å²) in [5.41, 5.74) is -0.357. The summed E-state index contributed by atoms with van der Waals surface area (Å²) < 4.78 is 62.9. The van der Waals surface area contributed by atoms with Crippen LogP contribution < -0.4 is 0 Å². The first-order chi connectivity index (χ1) is 8.39. The van der Waals surface area contributed by atoms with Gasteiger partial charge in [0.05, 0.1) is 5.69 Å². The summed E-state index contributed by atoms with van der Waals surface area (Å²) in [6.07, 6.45) is 0.263. The fourth-order valence-corrected chi connectivity index (χ4v) is 1.57. The van der Waals surface area contributed by atoms with Crippen LogP contribution in [0.1, 0.15) is 37.6 Å². The number of rotatable bonds is 6. The minimum atomic E-state index is -4.30. The highest BCUT2D eigenvalue weighted by Gasteiger charge is 2.42. The molecule has 0 atom stereocenters. The number of aromatic amines is 1. The molecule has 0 radical (unpaired) electrons. The molecule has 0 fully saturated rings. The van der Waals surface area contributed by atoms with Crippen LogP contribution in [0.15, 0.2) is 24.0 Å². The Labute approximate surface area is 102 Å². The van der Waals surface area contributed by atoms with E-state index in [1.165, 1.54) is 6.07 Å². The maximum Gasteiger partial charge on any atom is 0.343 e. The lowest BCUT2D eigenvalue weighted by Gasteiger charge is -2.11. The van der Waals surface area contributed by atoms with Crippen LogP contribution in [0.2, 0.25) is 0 Å². The fourth-order valence-electron chi connectivity index (χ4n) is 1.57. The summed E-state index contributed by atoms with van der Waals surface area (Å²) in [4.78, 5) is 2.29. The summed E-state index contributed by atoms with van der Waals surface area (Å²) in [6, 6.07) is 2.30. The molecule has 1 N–H and O–H groups in total. The second kappa shape index (κ2) is 6.02. The van der Waals surface area contributed by atoms with Gasteiger partial charge in [0.25, 0.3) is 0 Å². The number of alkyl halides is 2. The van der Waals surface area contributed by atoms with Crippen molar-refractivity contribution in [3.8, 4) is 0 Å². The van der Waals surface area contributed by atoms with Gasteiger partial charge in [-0.05, 0) is 25.0 Å². The molecule has 0 aliphatic rings. The zero-order valence-corrected chi connectivity index (χ0v) is 9.87. The molecular weight excluding hydrogens is 253 g/mol. The highest BCUT2D eigenvalue weighted by atomic mass is 19.3. The van der Waals surface area contributed by atoms with Crippen molar-refractivity contribution in [2.45, 2.75) is 38.5 Å². The second-order valence-electron chi connectivity index (χ2n) is 4.00. The molecule has 1 rings (SSSR count). The third-order valence-corrected chi connectivity index (χ3v) is 2.58. The van der Waals surface area contributed by atoms with Crippen LogP contribution in [0.3, 0.4) is 0 Å². The highest BCUT2D eigenvalue weighted by Crippen LogP contribution is 2.38. The maximum atomic E-state index is 13.3. The number of aryl methyl sites for hydroxylation is 1. The van der Waals surface area contributed by atoms with E-state index in [-0.39, 0.29) is 0 Å². The molecular formula is C12H14F5N. The van der Waals surface area contributed by atoms with E-state index in [9.17, 15) is 22.0 Å². The molecule has 6 heteroatoms. The van der Waals surface area contributed by atoms with Crippen LogP contribution in [0.4, 0.5) is 22.0 Å². The molecule has 18 heavy (non-hydrogen) atoms. The monoisotopic (exact) mass is 267 g/mol. The van der Waals surface area contributed by atoms with Gasteiger partial charge < -0.3 is 4.98 Å². The summed E-state index contributed by atoms with van der Waals surface area (Å²) in [5, 5.41) is 0. The second-order valence-corrected chi connectivity index (χ2v) is 4.00. The molecule has 0 unspecified atom stereocenters. The number of aromatic nitrogens is 1. The van der Waals surface area contributed by atoms with Crippen LogP contribution in [0.5, 0.6) is 0 Å². The average molecular weight is 267 g/mol. The van der Waals surface area contributed by atoms with Crippen molar-refractivity contribution in [3.63, 3.8) is 0 Å². The third-order valence-electron chi connectivity index (χ3n) is 2.58. The van der Waals surface area contributed by atoms with Gasteiger partial charge in [-0.2, -0.15) is 22.0 Å². The van der Waals surface area contributed by atoms with Crippen molar-refractivity contribution in [3.05, 3.63) is 35.4 Å². The van der Waals surface area contributed by atoms with E-state index in [1.807, 2.05) is 6.92 Å². The molecule has 0 amide bonds. The standard InChI is InChI=1S/C12H14F5N/c1-2-3-4-5-8-6-7-9(18-8)12(16,17)10(13)11(14)15/h6-7,18H,2-5H2,1H3. The summed E-state index contributed by atoms with van der Waals surface area (Å²) >= 11 is 0. The number of hydrogen-bond acceptors (Lipinski definition) is 0. The van der Waals surface area contributed by atoms with Crippen LogP contribution >= 0.6 is 0 Å². The quantitative estimate of drug-likeness (QED) is 0.556. The lowest BCUT2D eigenvalue weighted by atomic mass is 10.2. The Bertz CT molecular complexity index is 418. The minimum Gasteiger partial charge on any atom is -0.357 e. The van der Waals surface area contributed by atoms with Crippen LogP contribution in [-0.2, 0) is 12.3 Å². The lowest BCUT2D eigenvalue weighted by Crippen LogP contribution is -2.15. The van der Waals surface area contributed by atoms with Gasteiger partial charge >= 0.3 is 12.0 Å². The Morgan fingerprint density at radius 1 is 1.17 bits per heavy atom. The van der Waals surface area contributed by atoms with Crippen LogP contribution in [0.25, 0.3) is 0 Å². The van der Waals surface area contributed by atoms with Gasteiger partial charge in [0.2, 0.25) is 5.83 Å². The number of nitrogens with one attached hydrogen (secondary N) is 1. The van der Waals surface area contributed by atoms with Gasteiger partial charge in [-0.1, -0.05) is 19.8 Å². The summed E-state index contributed by atoms with van der Waals surface area (Å²) in [7, 11) is 0. The molecule has 1 nitrogen and oxygen atoms in total. The Balaban J connectivity index is 2.82. The van der Waals surface area contributed by atoms with Gasteiger partial charge in [-0.3, -0.25) is 0 Å². The van der Waals surface area contributed by atoms with E-state index < -0.39 is 23.5 Å². The first kappa shape index (κ1) is 14.7. The maximum absolute atomic E-state index is 13.3. The molecule has 102 valence electrons. The first-order valence-corrected chi connectivity index (χ1v) is 5.67. The number of allylic oxidation sites excluding steroid dienone is 1. The van der Waals surface area contributed by atoms with Gasteiger partial charge in [-0.25, -0.2) is 0 Å². The van der Waals surface area contributed by atoms with Crippen LogP contribution in [0, 0.1) is 0 Å². The molecule has 0 aliphatic carbocycles. The van der Waals surface area contributed by atoms with E-state index in [0.29, 0.717) is 12.1 Å². The molecule has 1 aromatic heterocycles. The Morgan fingerprint density at radius 3 is 2.39 bits per heavy atom. The predicted octanol–water partition coefficient (Wildman–Crippen LogP) is 4.92. The fraction of sp³-hybridized carbons (Fsp3) is 0.500. The Kier molecular flexibility index (Phi) is 4.93. The minimum absolute atomic E-state index is 0.491. The van der Waals surface area contributed by atoms with Gasteiger partial charge in [-0.15, -0.1) is 0 Å². The third kappa shape index (κ3) is 3.34. The highest BCUT2D eigenvalue weighted by molar-refractivity contribution is 5.24. The molecule has 1 aromatic rings. The summed E-state index contributed by atoms with van der Waals surface area (Å²) in [6.45, 7) is 2.00. The van der Waals surface area contributed by atoms with E-state index in [0.717, 1.165) is 25.3 Å². The zero-order chi connectivity index (χ0) is 13.8. The van der Waals surface area contributed by atoms with Gasteiger partial charge in [0.15, 0.2) is 0 Å². The van der Waals surface area contributed by atoms with Crippen molar-refractivity contribution in [1.82, 2.24) is 4.98 Å². The Hall–Kier alpha value is -1.33. The largest absolute Gasteiger partial charge is 0.357 e. The number of hydrogen-bond donors (Lipinski definition) is 1. The molecule has 0 saturated heterocycles. The molecule has 1 heterocycles. The van der Waals surface area contributed by atoms with Crippen molar-refractivity contribution >= 4 is 0 Å². The zero-order valence-electron chi connectivity index (χ0n) is 9.87. The molecule has 0 aromatic carbocycles.